The fourth-order valence-corrected chi connectivity index (χ4v) is 4.63. The van der Waals surface area contributed by atoms with Crippen LogP contribution in [0.15, 0.2) is 24.3 Å². The van der Waals surface area contributed by atoms with E-state index in [1.165, 1.54) is 0 Å². The van der Waals surface area contributed by atoms with Gasteiger partial charge >= 0.3 is 11.8 Å². The monoisotopic (exact) mass is 384 g/mol. The molecule has 0 radical (unpaired) electrons. The molecule has 0 atom stereocenters. The number of fused-ring (bicyclic) bond motifs is 1. The number of carbonyl (C=O) groups is 2. The van der Waals surface area contributed by atoms with E-state index in [2.05, 4.69) is 10.4 Å². The zero-order valence-electron chi connectivity index (χ0n) is 15.5. The zero-order valence-corrected chi connectivity index (χ0v) is 16.3. The lowest BCUT2D eigenvalue weighted by atomic mass is 10.2. The summed E-state index contributed by atoms with van der Waals surface area (Å²) in [5.74, 6) is 1.26. The third-order valence-corrected chi connectivity index (χ3v) is 6.12. The third kappa shape index (κ3) is 3.74. The van der Waals surface area contributed by atoms with Crippen molar-refractivity contribution in [1.82, 2.24) is 14.7 Å². The van der Waals surface area contributed by atoms with E-state index < -0.39 is 11.8 Å². The van der Waals surface area contributed by atoms with Crippen LogP contribution < -0.4 is 5.32 Å². The normalized spacial score (nSPS) is 16.7. The summed E-state index contributed by atoms with van der Waals surface area (Å²) in [5.41, 5.74) is 4.06. The van der Waals surface area contributed by atoms with Gasteiger partial charge in [0.2, 0.25) is 0 Å². The first-order valence-electron chi connectivity index (χ1n) is 9.49. The first-order valence-corrected chi connectivity index (χ1v) is 10.6. The molecular formula is C20H24N4O2S. The van der Waals surface area contributed by atoms with Crippen molar-refractivity contribution in [3.05, 3.63) is 41.1 Å². The van der Waals surface area contributed by atoms with Crippen molar-refractivity contribution in [1.29, 1.82) is 0 Å². The van der Waals surface area contributed by atoms with Crippen LogP contribution in [0.2, 0.25) is 0 Å². The Morgan fingerprint density at radius 2 is 1.74 bits per heavy atom. The van der Waals surface area contributed by atoms with E-state index in [-0.39, 0.29) is 0 Å². The molecule has 0 aliphatic carbocycles. The van der Waals surface area contributed by atoms with E-state index in [1.807, 2.05) is 31.2 Å². The second kappa shape index (κ2) is 7.76. The largest absolute Gasteiger partial charge is 0.334 e. The number of benzene rings is 1. The van der Waals surface area contributed by atoms with E-state index in [1.54, 1.807) is 21.3 Å². The molecule has 2 aromatic rings. The quantitative estimate of drug-likeness (QED) is 0.807. The van der Waals surface area contributed by atoms with Gasteiger partial charge in [-0.3, -0.25) is 9.59 Å². The molecule has 1 saturated heterocycles. The molecule has 2 aliphatic rings. The number of anilines is 1. The molecule has 1 aromatic heterocycles. The van der Waals surface area contributed by atoms with Gasteiger partial charge in [-0.15, -0.1) is 0 Å². The smallest absolute Gasteiger partial charge is 0.315 e. The number of rotatable bonds is 2. The Labute approximate surface area is 163 Å². The molecule has 1 fully saturated rings. The van der Waals surface area contributed by atoms with Crippen molar-refractivity contribution in [3.63, 3.8) is 0 Å². The Balaban J connectivity index is 1.60. The highest BCUT2D eigenvalue weighted by Crippen LogP contribution is 2.36. The van der Waals surface area contributed by atoms with Gasteiger partial charge in [0.25, 0.3) is 0 Å². The topological polar surface area (TPSA) is 67.2 Å². The van der Waals surface area contributed by atoms with Gasteiger partial charge in [0.1, 0.15) is 5.82 Å². The molecule has 0 saturated carbocycles. The SMILES string of the molecule is Cc1ccc(-n2nc3c(c2NC(=O)C(=O)N2CCCCCC2)CSC3)cc1. The van der Waals surface area contributed by atoms with E-state index in [9.17, 15) is 9.59 Å². The minimum absolute atomic E-state index is 0.437. The van der Waals surface area contributed by atoms with Crippen molar-refractivity contribution < 1.29 is 9.59 Å². The predicted molar refractivity (Wildman–Crippen MR) is 107 cm³/mol. The van der Waals surface area contributed by atoms with E-state index in [0.29, 0.717) is 18.9 Å². The summed E-state index contributed by atoms with van der Waals surface area (Å²) in [6, 6.07) is 8.00. The number of thioether (sulfide) groups is 1. The van der Waals surface area contributed by atoms with Crippen molar-refractivity contribution in [2.75, 3.05) is 18.4 Å². The van der Waals surface area contributed by atoms with Gasteiger partial charge in [0, 0.05) is 30.2 Å². The van der Waals surface area contributed by atoms with Gasteiger partial charge < -0.3 is 10.2 Å². The van der Waals surface area contributed by atoms with Crippen LogP contribution in [0.3, 0.4) is 0 Å². The Morgan fingerprint density at radius 3 is 2.44 bits per heavy atom. The number of amides is 2. The lowest BCUT2D eigenvalue weighted by Gasteiger charge is -2.20. The summed E-state index contributed by atoms with van der Waals surface area (Å²) >= 11 is 1.77. The summed E-state index contributed by atoms with van der Waals surface area (Å²) in [6.45, 7) is 3.36. The fourth-order valence-electron chi connectivity index (χ4n) is 3.59. The first kappa shape index (κ1) is 18.1. The van der Waals surface area contributed by atoms with Crippen LogP contribution in [0.1, 0.15) is 42.5 Å². The minimum Gasteiger partial charge on any atom is -0.334 e. The van der Waals surface area contributed by atoms with Crippen molar-refractivity contribution in [2.45, 2.75) is 44.1 Å². The van der Waals surface area contributed by atoms with Crippen LogP contribution in [-0.2, 0) is 21.1 Å². The molecule has 7 heteroatoms. The maximum Gasteiger partial charge on any atom is 0.315 e. The molecule has 2 aliphatic heterocycles. The van der Waals surface area contributed by atoms with Gasteiger partial charge in [0.05, 0.1) is 11.4 Å². The predicted octanol–water partition coefficient (Wildman–Crippen LogP) is 3.27. The van der Waals surface area contributed by atoms with Crippen molar-refractivity contribution >= 4 is 29.4 Å². The van der Waals surface area contributed by atoms with Gasteiger partial charge in [-0.05, 0) is 31.9 Å². The standard InChI is InChI=1S/C20H24N4O2S/c1-14-6-8-15(9-7-14)24-18(16-12-27-13-17(16)22-24)21-19(25)20(26)23-10-4-2-3-5-11-23/h6-9H,2-5,10-13H2,1H3,(H,21,25). The average molecular weight is 385 g/mol. The Bertz CT molecular complexity index is 852. The summed E-state index contributed by atoms with van der Waals surface area (Å²) < 4.78 is 1.76. The Morgan fingerprint density at radius 1 is 1.04 bits per heavy atom. The second-order valence-electron chi connectivity index (χ2n) is 7.17. The highest BCUT2D eigenvalue weighted by atomic mass is 32.2. The highest BCUT2D eigenvalue weighted by molar-refractivity contribution is 7.98. The molecule has 2 amide bonds. The second-order valence-corrected chi connectivity index (χ2v) is 8.16. The lowest BCUT2D eigenvalue weighted by molar-refractivity contribution is -0.143. The fraction of sp³-hybridized carbons (Fsp3) is 0.450. The van der Waals surface area contributed by atoms with E-state index >= 15 is 0 Å². The van der Waals surface area contributed by atoms with Crippen LogP contribution in [0.4, 0.5) is 5.82 Å². The van der Waals surface area contributed by atoms with Crippen LogP contribution in [0, 0.1) is 6.92 Å². The van der Waals surface area contributed by atoms with Crippen molar-refractivity contribution in [2.24, 2.45) is 0 Å². The van der Waals surface area contributed by atoms with Crippen LogP contribution >= 0.6 is 11.8 Å². The third-order valence-electron chi connectivity index (χ3n) is 5.15. The number of hydrogen-bond donors (Lipinski definition) is 1. The first-order chi connectivity index (χ1) is 13.1. The molecule has 6 nitrogen and oxygen atoms in total. The Kier molecular flexibility index (Phi) is 5.20. The molecular weight excluding hydrogens is 360 g/mol. The molecule has 0 unspecified atom stereocenters. The van der Waals surface area contributed by atoms with Crippen molar-refractivity contribution in [3.8, 4) is 5.69 Å². The minimum atomic E-state index is -0.565. The van der Waals surface area contributed by atoms with Gasteiger partial charge in [-0.25, -0.2) is 4.68 Å². The molecule has 1 N–H and O–H groups in total. The van der Waals surface area contributed by atoms with Crippen LogP contribution in [0.5, 0.6) is 0 Å². The maximum absolute atomic E-state index is 12.7. The maximum atomic E-state index is 12.7. The van der Waals surface area contributed by atoms with Gasteiger partial charge in [-0.2, -0.15) is 16.9 Å². The number of aryl methyl sites for hydroxylation is 1. The van der Waals surface area contributed by atoms with Gasteiger partial charge in [0.15, 0.2) is 0 Å². The van der Waals surface area contributed by atoms with E-state index in [0.717, 1.165) is 59.7 Å². The van der Waals surface area contributed by atoms with Crippen LogP contribution in [-0.4, -0.2) is 39.6 Å². The Hall–Kier alpha value is -2.28. The number of carbonyl (C=O) groups excluding carboxylic acids is 2. The number of nitrogens with zero attached hydrogens (tertiary/aromatic N) is 3. The summed E-state index contributed by atoms with van der Waals surface area (Å²) in [6.07, 6.45) is 4.17. The van der Waals surface area contributed by atoms with Crippen LogP contribution in [0.25, 0.3) is 5.69 Å². The molecule has 4 rings (SSSR count). The summed E-state index contributed by atoms with van der Waals surface area (Å²) in [5, 5.41) is 7.57. The lowest BCUT2D eigenvalue weighted by Crippen LogP contribution is -2.40. The zero-order chi connectivity index (χ0) is 18.8. The molecule has 1 aromatic carbocycles. The molecule has 142 valence electrons. The van der Waals surface area contributed by atoms with Gasteiger partial charge in [-0.1, -0.05) is 30.5 Å². The number of aromatic nitrogens is 2. The summed E-state index contributed by atoms with van der Waals surface area (Å²) in [7, 11) is 0. The molecule has 0 bridgehead atoms. The number of hydrogen-bond acceptors (Lipinski definition) is 4. The molecule has 27 heavy (non-hydrogen) atoms. The number of likely N-dealkylation sites (tertiary alicyclic amines) is 1. The molecule has 3 heterocycles. The highest BCUT2D eigenvalue weighted by Gasteiger charge is 2.28. The number of nitrogens with one attached hydrogen (secondary N) is 1. The van der Waals surface area contributed by atoms with E-state index in [4.69, 9.17) is 0 Å². The molecule has 0 spiro atoms. The average Bonchev–Trinajstić information content (AvgIpc) is 3.14. The summed E-state index contributed by atoms with van der Waals surface area (Å²) in [4.78, 5) is 27.0.